The zero-order valence-electron chi connectivity index (χ0n) is 20.3. The normalized spacial score (nSPS) is 16.7. The van der Waals surface area contributed by atoms with Crippen LogP contribution in [0.1, 0.15) is 48.1 Å². The fraction of sp³-hybridized carbons (Fsp3) is 0.222. The van der Waals surface area contributed by atoms with Crippen LogP contribution in [0.5, 0.6) is 5.75 Å². The summed E-state index contributed by atoms with van der Waals surface area (Å²) in [4.78, 5) is 30.1. The number of hydrogen-bond acceptors (Lipinski definition) is 6. The van der Waals surface area contributed by atoms with Gasteiger partial charge in [-0.2, -0.15) is 0 Å². The van der Waals surface area contributed by atoms with Crippen LogP contribution in [-0.4, -0.2) is 38.5 Å². The molecule has 5 rings (SSSR count). The molecule has 9 nitrogen and oxygen atoms in total. The van der Waals surface area contributed by atoms with E-state index in [1.54, 1.807) is 48.2 Å². The Morgan fingerprint density at radius 1 is 1.08 bits per heavy atom. The maximum Gasteiger partial charge on any atom is 0.258 e. The molecule has 2 heterocycles. The number of ether oxygens (including phenoxy) is 1. The third-order valence-corrected chi connectivity index (χ3v) is 6.65. The summed E-state index contributed by atoms with van der Waals surface area (Å²) in [5, 5.41) is 14.1. The Labute approximate surface area is 219 Å². The molecule has 0 fully saturated rings. The van der Waals surface area contributed by atoms with E-state index in [9.17, 15) is 9.59 Å². The second kappa shape index (κ2) is 10.4. The Hall–Kier alpha value is -4.24. The SMILES string of the molecule is CC(=O)N(c1ccc(Cl)cc1)C1CC(C)N(C(=O)c2ccc(OCc3nnn[nH]3)cc2)c2ccccc21. The number of aromatic nitrogens is 4. The van der Waals surface area contributed by atoms with E-state index >= 15 is 0 Å². The van der Waals surface area contributed by atoms with Crippen molar-refractivity contribution in [3.63, 3.8) is 0 Å². The van der Waals surface area contributed by atoms with Gasteiger partial charge in [-0.25, -0.2) is 5.10 Å². The topological polar surface area (TPSA) is 104 Å². The first-order chi connectivity index (χ1) is 17.9. The highest BCUT2D eigenvalue weighted by Crippen LogP contribution is 2.43. The molecule has 3 aromatic carbocycles. The van der Waals surface area contributed by atoms with Crippen molar-refractivity contribution < 1.29 is 14.3 Å². The summed E-state index contributed by atoms with van der Waals surface area (Å²) in [6.07, 6.45) is 0.581. The minimum atomic E-state index is -0.227. The van der Waals surface area contributed by atoms with Gasteiger partial charge in [-0.05, 0) is 83.9 Å². The highest BCUT2D eigenvalue weighted by Gasteiger charge is 2.38. The Morgan fingerprint density at radius 2 is 1.81 bits per heavy atom. The largest absolute Gasteiger partial charge is 0.486 e. The average molecular weight is 517 g/mol. The van der Waals surface area contributed by atoms with E-state index in [4.69, 9.17) is 16.3 Å². The number of halogens is 1. The first-order valence-corrected chi connectivity index (χ1v) is 12.2. The van der Waals surface area contributed by atoms with E-state index in [0.717, 1.165) is 16.9 Å². The number of H-pyrrole nitrogens is 1. The van der Waals surface area contributed by atoms with E-state index in [2.05, 4.69) is 20.6 Å². The Morgan fingerprint density at radius 3 is 2.49 bits per heavy atom. The molecule has 0 aliphatic carbocycles. The van der Waals surface area contributed by atoms with Crippen molar-refractivity contribution in [3.8, 4) is 5.75 Å². The number of amides is 2. The van der Waals surface area contributed by atoms with Crippen LogP contribution in [0.4, 0.5) is 11.4 Å². The van der Waals surface area contributed by atoms with E-state index in [0.29, 0.717) is 28.6 Å². The number of aromatic amines is 1. The maximum atomic E-state index is 13.7. The van der Waals surface area contributed by atoms with Crippen molar-refractivity contribution in [2.24, 2.45) is 0 Å². The molecule has 37 heavy (non-hydrogen) atoms. The van der Waals surface area contributed by atoms with Crippen LogP contribution in [0.25, 0.3) is 0 Å². The van der Waals surface area contributed by atoms with Gasteiger partial charge in [0.1, 0.15) is 12.4 Å². The summed E-state index contributed by atoms with van der Waals surface area (Å²) in [6.45, 7) is 3.75. The number of rotatable bonds is 6. The number of anilines is 2. The van der Waals surface area contributed by atoms with Gasteiger partial charge < -0.3 is 14.5 Å². The Bertz CT molecular complexity index is 1390. The van der Waals surface area contributed by atoms with Gasteiger partial charge in [-0.1, -0.05) is 29.8 Å². The minimum absolute atomic E-state index is 0.0780. The van der Waals surface area contributed by atoms with E-state index in [1.165, 1.54) is 0 Å². The fourth-order valence-electron chi connectivity index (χ4n) is 4.74. The van der Waals surface area contributed by atoms with E-state index in [1.807, 2.05) is 48.2 Å². The molecule has 188 valence electrons. The molecule has 0 spiro atoms. The number of carbonyl (C=O) groups is 2. The van der Waals surface area contributed by atoms with Crippen molar-refractivity contribution >= 4 is 34.8 Å². The van der Waals surface area contributed by atoms with Gasteiger partial charge in [0.2, 0.25) is 5.91 Å². The van der Waals surface area contributed by atoms with Crippen LogP contribution in [0, 0.1) is 0 Å². The summed E-state index contributed by atoms with van der Waals surface area (Å²) in [5.74, 6) is 0.905. The van der Waals surface area contributed by atoms with Crippen molar-refractivity contribution in [1.29, 1.82) is 0 Å². The number of carbonyl (C=O) groups excluding carboxylic acids is 2. The first-order valence-electron chi connectivity index (χ1n) is 11.9. The number of hydrogen-bond donors (Lipinski definition) is 1. The number of fused-ring (bicyclic) bond motifs is 1. The molecule has 0 saturated heterocycles. The monoisotopic (exact) mass is 516 g/mol. The van der Waals surface area contributed by atoms with Crippen LogP contribution < -0.4 is 14.5 Å². The second-order valence-corrected chi connectivity index (χ2v) is 9.30. The van der Waals surface area contributed by atoms with Crippen LogP contribution in [0.15, 0.2) is 72.8 Å². The molecular weight excluding hydrogens is 492 g/mol. The van der Waals surface area contributed by atoms with Gasteiger partial charge in [0.05, 0.1) is 6.04 Å². The van der Waals surface area contributed by atoms with Gasteiger partial charge in [0.25, 0.3) is 5.91 Å². The second-order valence-electron chi connectivity index (χ2n) is 8.86. The number of nitrogens with one attached hydrogen (secondary N) is 1. The molecule has 0 saturated carbocycles. The van der Waals surface area contributed by atoms with Crippen LogP contribution >= 0.6 is 11.6 Å². The lowest BCUT2D eigenvalue weighted by atomic mass is 9.89. The number of nitrogens with zero attached hydrogens (tertiary/aromatic N) is 5. The summed E-state index contributed by atoms with van der Waals surface area (Å²) in [6, 6.07) is 21.6. The Balaban J connectivity index is 1.42. The lowest BCUT2D eigenvalue weighted by Gasteiger charge is -2.43. The molecule has 0 radical (unpaired) electrons. The lowest BCUT2D eigenvalue weighted by molar-refractivity contribution is -0.117. The quantitative estimate of drug-likeness (QED) is 0.388. The molecule has 10 heteroatoms. The van der Waals surface area contributed by atoms with Crippen molar-refractivity contribution in [2.75, 3.05) is 9.80 Å². The van der Waals surface area contributed by atoms with Gasteiger partial charge in [-0.3, -0.25) is 9.59 Å². The van der Waals surface area contributed by atoms with Crippen LogP contribution in [0.3, 0.4) is 0 Å². The first kappa shape index (κ1) is 24.5. The number of tetrazole rings is 1. The number of para-hydroxylation sites is 1. The smallest absolute Gasteiger partial charge is 0.258 e. The number of benzene rings is 3. The highest BCUT2D eigenvalue weighted by molar-refractivity contribution is 6.30. The average Bonchev–Trinajstić information content (AvgIpc) is 3.42. The molecule has 1 aliphatic heterocycles. The molecule has 0 bridgehead atoms. The van der Waals surface area contributed by atoms with Crippen LogP contribution in [-0.2, 0) is 11.4 Å². The van der Waals surface area contributed by atoms with Gasteiger partial charge in [0.15, 0.2) is 5.82 Å². The van der Waals surface area contributed by atoms with Crippen molar-refractivity contribution in [1.82, 2.24) is 20.6 Å². The van der Waals surface area contributed by atoms with E-state index < -0.39 is 0 Å². The van der Waals surface area contributed by atoms with Crippen molar-refractivity contribution in [2.45, 2.75) is 39.0 Å². The maximum absolute atomic E-state index is 13.7. The molecule has 1 aliphatic rings. The lowest BCUT2D eigenvalue weighted by Crippen LogP contribution is -2.47. The molecule has 4 aromatic rings. The standard InChI is InChI=1S/C27H25ClN6O3/c1-17-15-25(34(18(2)35)21-11-9-20(28)10-12-21)23-5-3-4-6-24(23)33(17)27(36)19-7-13-22(14-8-19)37-16-26-29-31-32-30-26/h3-14,17,25H,15-16H2,1-2H3,(H,29,30,31,32). The summed E-state index contributed by atoms with van der Waals surface area (Å²) in [5.41, 5.74) is 3.00. The van der Waals surface area contributed by atoms with Gasteiger partial charge >= 0.3 is 0 Å². The molecule has 2 atom stereocenters. The summed E-state index contributed by atoms with van der Waals surface area (Å²) >= 11 is 6.08. The predicted octanol–water partition coefficient (Wildman–Crippen LogP) is 4.97. The minimum Gasteiger partial charge on any atom is -0.486 e. The predicted molar refractivity (Wildman–Crippen MR) is 140 cm³/mol. The highest BCUT2D eigenvalue weighted by atomic mass is 35.5. The summed E-state index contributed by atoms with van der Waals surface area (Å²) < 4.78 is 5.68. The van der Waals surface area contributed by atoms with Crippen molar-refractivity contribution in [3.05, 3.63) is 94.8 Å². The zero-order chi connectivity index (χ0) is 25.9. The molecule has 1 aromatic heterocycles. The third-order valence-electron chi connectivity index (χ3n) is 6.40. The van der Waals surface area contributed by atoms with Gasteiger partial charge in [-0.15, -0.1) is 5.10 Å². The molecule has 1 N–H and O–H groups in total. The fourth-order valence-corrected chi connectivity index (χ4v) is 4.87. The molecule has 2 unspecified atom stereocenters. The third kappa shape index (κ3) is 5.03. The Kier molecular flexibility index (Phi) is 6.87. The van der Waals surface area contributed by atoms with Crippen LogP contribution in [0.2, 0.25) is 5.02 Å². The molecular formula is C27H25ClN6O3. The zero-order valence-corrected chi connectivity index (χ0v) is 21.1. The summed E-state index contributed by atoms with van der Waals surface area (Å²) in [7, 11) is 0. The van der Waals surface area contributed by atoms with E-state index in [-0.39, 0.29) is 30.5 Å². The van der Waals surface area contributed by atoms with Gasteiger partial charge in [0, 0.05) is 34.9 Å². The molecule has 2 amide bonds.